The van der Waals surface area contributed by atoms with Crippen molar-refractivity contribution < 1.29 is 19.0 Å². The van der Waals surface area contributed by atoms with Crippen molar-refractivity contribution in [2.75, 3.05) is 32.8 Å². The Labute approximate surface area is 326 Å². The number of amides is 1. The molecule has 1 amide bonds. The van der Waals surface area contributed by atoms with Gasteiger partial charge in [-0.15, -0.1) is 12.4 Å². The van der Waals surface area contributed by atoms with E-state index in [4.69, 9.17) is 49.0 Å². The fraction of sp³-hybridized carbons (Fsp3) is 0.220. The van der Waals surface area contributed by atoms with Gasteiger partial charge in [0.05, 0.1) is 17.8 Å². The van der Waals surface area contributed by atoms with E-state index >= 15 is 0 Å². The summed E-state index contributed by atoms with van der Waals surface area (Å²) in [5.74, 6) is 2.28. The van der Waals surface area contributed by atoms with E-state index in [0.29, 0.717) is 58.8 Å². The highest BCUT2D eigenvalue weighted by Gasteiger charge is 2.20. The number of benzene rings is 4. The Morgan fingerprint density at radius 2 is 1.52 bits per heavy atom. The number of piperazine rings is 1. The van der Waals surface area contributed by atoms with Crippen LogP contribution in [0, 0.1) is 6.92 Å². The highest BCUT2D eigenvalue weighted by molar-refractivity contribution is 6.32. The van der Waals surface area contributed by atoms with Crippen molar-refractivity contribution in [3.63, 3.8) is 0 Å². The Morgan fingerprint density at radius 3 is 2.21 bits per heavy atom. The third-order valence-electron chi connectivity index (χ3n) is 8.52. The van der Waals surface area contributed by atoms with Gasteiger partial charge in [0.15, 0.2) is 5.75 Å². The van der Waals surface area contributed by atoms with Crippen LogP contribution in [0.4, 0.5) is 0 Å². The monoisotopic (exact) mass is 777 g/mol. The molecule has 1 aromatic heterocycles. The number of aryl methyl sites for hydroxylation is 1. The summed E-state index contributed by atoms with van der Waals surface area (Å²) in [7, 11) is 0. The van der Waals surface area contributed by atoms with Crippen molar-refractivity contribution in [3.05, 3.63) is 152 Å². The average molecular weight is 780 g/mol. The number of aromatic nitrogens is 1. The van der Waals surface area contributed by atoms with Gasteiger partial charge >= 0.3 is 0 Å². The molecule has 1 fully saturated rings. The first-order valence-corrected chi connectivity index (χ1v) is 17.9. The van der Waals surface area contributed by atoms with E-state index in [1.54, 1.807) is 36.5 Å². The lowest BCUT2D eigenvalue weighted by molar-refractivity contribution is -0.127. The van der Waals surface area contributed by atoms with Crippen LogP contribution < -0.4 is 14.2 Å². The lowest BCUT2D eigenvalue weighted by atomic mass is 10.1. The molecule has 11 heteroatoms. The van der Waals surface area contributed by atoms with E-state index < -0.39 is 0 Å². The number of carbonyl (C=O) groups is 1. The zero-order valence-corrected chi connectivity index (χ0v) is 31.7. The van der Waals surface area contributed by atoms with Gasteiger partial charge in [0.25, 0.3) is 0 Å². The van der Waals surface area contributed by atoms with Crippen LogP contribution in [0.1, 0.15) is 27.8 Å². The van der Waals surface area contributed by atoms with Gasteiger partial charge in [-0.05, 0) is 83.8 Å². The first kappa shape index (κ1) is 39.0. The molecule has 52 heavy (non-hydrogen) atoms. The molecule has 0 bridgehead atoms. The Balaban J connectivity index is 0.00000523. The predicted octanol–water partition coefficient (Wildman–Crippen LogP) is 10.1. The summed E-state index contributed by atoms with van der Waals surface area (Å²) in [6.07, 6.45) is 5.83. The average Bonchev–Trinajstić information content (AvgIpc) is 3.14. The molecule has 5 aromatic rings. The molecule has 1 saturated heterocycles. The van der Waals surface area contributed by atoms with Gasteiger partial charge in [-0.1, -0.05) is 77.3 Å². The van der Waals surface area contributed by atoms with E-state index in [-0.39, 0.29) is 18.3 Å². The number of pyridine rings is 1. The SMILES string of the molecule is Cc1cc(/C=C/C(=O)N2CCN(Cc3ccc(CCOc4ccc(Cl)cc4)cc3)CC2)cc(Cl)c1Oc1ccc(OCc2ccccc2Cl)cn1.Cl. The summed E-state index contributed by atoms with van der Waals surface area (Å²) >= 11 is 18.8. The fourth-order valence-corrected chi connectivity index (χ4v) is 6.29. The van der Waals surface area contributed by atoms with Crippen molar-refractivity contribution in [2.45, 2.75) is 26.5 Å². The molecule has 0 N–H and O–H groups in total. The Bertz CT molecular complexity index is 1920. The Kier molecular flexibility index (Phi) is 14.3. The molecule has 1 aliphatic rings. The van der Waals surface area contributed by atoms with Crippen LogP contribution in [0.5, 0.6) is 23.1 Å². The van der Waals surface area contributed by atoms with E-state index in [0.717, 1.165) is 48.5 Å². The van der Waals surface area contributed by atoms with Gasteiger partial charge in [-0.3, -0.25) is 9.69 Å². The highest BCUT2D eigenvalue weighted by atomic mass is 35.5. The van der Waals surface area contributed by atoms with Crippen molar-refractivity contribution in [2.24, 2.45) is 0 Å². The zero-order chi connectivity index (χ0) is 35.6. The molecule has 4 aromatic carbocycles. The van der Waals surface area contributed by atoms with Gasteiger partial charge in [-0.2, -0.15) is 0 Å². The van der Waals surface area contributed by atoms with E-state index in [9.17, 15) is 4.79 Å². The summed E-state index contributed by atoms with van der Waals surface area (Å²) in [6, 6.07) is 30.8. The Hall–Kier alpha value is -4.24. The van der Waals surface area contributed by atoms with Gasteiger partial charge in [0.2, 0.25) is 11.8 Å². The van der Waals surface area contributed by atoms with Gasteiger partial charge in [-0.25, -0.2) is 4.98 Å². The zero-order valence-electron chi connectivity index (χ0n) is 28.6. The maximum Gasteiger partial charge on any atom is 0.246 e. The van der Waals surface area contributed by atoms with Crippen LogP contribution >= 0.6 is 47.2 Å². The number of hydrogen-bond acceptors (Lipinski definition) is 6. The van der Waals surface area contributed by atoms with Gasteiger partial charge < -0.3 is 19.1 Å². The van der Waals surface area contributed by atoms with Crippen LogP contribution in [-0.4, -0.2) is 53.5 Å². The molecular weight excluding hydrogens is 740 g/mol. The minimum absolute atomic E-state index is 0. The maximum absolute atomic E-state index is 13.0. The second-order valence-corrected chi connectivity index (χ2v) is 13.5. The third-order valence-corrected chi connectivity index (χ3v) is 9.43. The number of nitrogens with zero attached hydrogens (tertiary/aromatic N) is 3. The van der Waals surface area contributed by atoms with Crippen LogP contribution in [0.3, 0.4) is 0 Å². The van der Waals surface area contributed by atoms with Crippen LogP contribution in [-0.2, 0) is 24.4 Å². The van der Waals surface area contributed by atoms with Crippen molar-refractivity contribution in [1.82, 2.24) is 14.8 Å². The lowest BCUT2D eigenvalue weighted by Gasteiger charge is -2.34. The van der Waals surface area contributed by atoms with Crippen molar-refractivity contribution >= 4 is 59.2 Å². The molecule has 0 unspecified atom stereocenters. The van der Waals surface area contributed by atoms with Crippen molar-refractivity contribution in [1.29, 1.82) is 0 Å². The fourth-order valence-electron chi connectivity index (χ4n) is 5.66. The molecule has 0 saturated carbocycles. The summed E-state index contributed by atoms with van der Waals surface area (Å²) < 4.78 is 17.6. The lowest BCUT2D eigenvalue weighted by Crippen LogP contribution is -2.47. The molecule has 0 aliphatic carbocycles. The molecule has 6 rings (SSSR count). The summed E-state index contributed by atoms with van der Waals surface area (Å²) in [6.45, 7) is 6.67. The second-order valence-electron chi connectivity index (χ2n) is 12.3. The third kappa shape index (κ3) is 11.1. The number of halogens is 4. The van der Waals surface area contributed by atoms with E-state index in [1.165, 1.54) is 11.1 Å². The number of hydrogen-bond donors (Lipinski definition) is 0. The molecule has 0 atom stereocenters. The first-order valence-electron chi connectivity index (χ1n) is 16.7. The van der Waals surface area contributed by atoms with Gasteiger partial charge in [0.1, 0.15) is 18.1 Å². The number of ether oxygens (including phenoxy) is 3. The largest absolute Gasteiger partial charge is 0.493 e. The quantitative estimate of drug-likeness (QED) is 0.111. The molecule has 2 heterocycles. The highest BCUT2D eigenvalue weighted by Crippen LogP contribution is 2.34. The first-order chi connectivity index (χ1) is 24.8. The van der Waals surface area contributed by atoms with Gasteiger partial charge in [0, 0.05) is 66.9 Å². The molecule has 1 aliphatic heterocycles. The molecule has 0 spiro atoms. The molecule has 7 nitrogen and oxygen atoms in total. The Morgan fingerprint density at radius 1 is 0.808 bits per heavy atom. The smallest absolute Gasteiger partial charge is 0.246 e. The van der Waals surface area contributed by atoms with E-state index in [1.807, 2.05) is 66.4 Å². The topological polar surface area (TPSA) is 64.1 Å². The normalized spacial score (nSPS) is 13.1. The summed E-state index contributed by atoms with van der Waals surface area (Å²) in [5.41, 5.74) is 5.01. The second kappa shape index (κ2) is 19.0. The van der Waals surface area contributed by atoms with E-state index in [2.05, 4.69) is 34.1 Å². The maximum atomic E-state index is 13.0. The predicted molar refractivity (Wildman–Crippen MR) is 212 cm³/mol. The summed E-state index contributed by atoms with van der Waals surface area (Å²) in [5, 5.41) is 1.78. The number of rotatable bonds is 13. The van der Waals surface area contributed by atoms with Crippen LogP contribution in [0.25, 0.3) is 6.08 Å². The molecular formula is C41H39Cl4N3O4. The minimum atomic E-state index is -0.0185. The van der Waals surface area contributed by atoms with Crippen LogP contribution in [0.2, 0.25) is 15.1 Å². The van der Waals surface area contributed by atoms with Crippen LogP contribution in [0.15, 0.2) is 109 Å². The molecule has 270 valence electrons. The summed E-state index contributed by atoms with van der Waals surface area (Å²) in [4.78, 5) is 21.7. The minimum Gasteiger partial charge on any atom is -0.493 e. The standard InChI is InChI=1S/C41H38Cl3N3O4.ClH/c1-29-24-32(25-38(44)41(29)51-39-16-15-36(26-45-39)50-28-33-4-2-3-5-37(33)43)10-17-40(48)47-21-19-46(20-22-47)27-31-8-6-30(7-9-31)18-23-49-35-13-11-34(42)12-14-35;/h2-17,24-26H,18-23,27-28H2,1H3;1H/b17-10+;. The van der Waals surface area contributed by atoms with Crippen molar-refractivity contribution in [3.8, 4) is 23.1 Å². The number of carbonyl (C=O) groups excluding carboxylic acids is 1. The molecule has 0 radical (unpaired) electrons.